The maximum atomic E-state index is 3.41. The van der Waals surface area contributed by atoms with Gasteiger partial charge in [0.2, 0.25) is 0 Å². The fourth-order valence-corrected chi connectivity index (χ4v) is 1.33. The van der Waals surface area contributed by atoms with E-state index in [1.165, 1.54) is 0 Å². The first-order chi connectivity index (χ1) is 4.48. The van der Waals surface area contributed by atoms with Crippen molar-refractivity contribution in [3.63, 3.8) is 0 Å². The molecule has 0 radical (unpaired) electrons. The smallest absolute Gasteiger partial charge is 0.0251 e. The van der Waals surface area contributed by atoms with Crippen LogP contribution in [0.3, 0.4) is 0 Å². The highest BCUT2D eigenvalue weighted by atomic mass is 15.1. The van der Waals surface area contributed by atoms with Gasteiger partial charge in [-0.15, -0.1) is 0 Å². The Morgan fingerprint density at radius 1 is 1.30 bits per heavy atom. The van der Waals surface area contributed by atoms with Gasteiger partial charge in [-0.05, 0) is 34.5 Å². The van der Waals surface area contributed by atoms with E-state index in [0.29, 0.717) is 0 Å². The molecule has 0 aromatic carbocycles. The predicted octanol–water partition coefficient (Wildman–Crippen LogP) is 0.936. The van der Waals surface area contributed by atoms with Crippen molar-refractivity contribution in [1.82, 2.24) is 10.2 Å². The van der Waals surface area contributed by atoms with E-state index in [2.05, 4.69) is 45.1 Å². The molecule has 0 aliphatic carbocycles. The van der Waals surface area contributed by atoms with Crippen molar-refractivity contribution in [3.8, 4) is 0 Å². The van der Waals surface area contributed by atoms with E-state index >= 15 is 0 Å². The SMILES string of the molecule is CCNC(C)(C)CN(C)C. The molecule has 0 unspecified atom stereocenters. The largest absolute Gasteiger partial charge is 0.311 e. The first-order valence-electron chi connectivity index (χ1n) is 3.87. The highest BCUT2D eigenvalue weighted by Gasteiger charge is 2.15. The van der Waals surface area contributed by atoms with Crippen LogP contribution >= 0.6 is 0 Å². The molecule has 10 heavy (non-hydrogen) atoms. The maximum Gasteiger partial charge on any atom is 0.0251 e. The second kappa shape index (κ2) is 3.94. The Morgan fingerprint density at radius 3 is 2.10 bits per heavy atom. The lowest BCUT2D eigenvalue weighted by Crippen LogP contribution is -2.47. The third kappa shape index (κ3) is 4.77. The summed E-state index contributed by atoms with van der Waals surface area (Å²) in [5.74, 6) is 0. The monoisotopic (exact) mass is 144 g/mol. The summed E-state index contributed by atoms with van der Waals surface area (Å²) in [6.07, 6.45) is 0. The van der Waals surface area contributed by atoms with Crippen molar-refractivity contribution in [2.24, 2.45) is 0 Å². The summed E-state index contributed by atoms with van der Waals surface area (Å²) in [5, 5.41) is 3.41. The van der Waals surface area contributed by atoms with Gasteiger partial charge in [-0.1, -0.05) is 6.92 Å². The number of nitrogens with zero attached hydrogens (tertiary/aromatic N) is 1. The first kappa shape index (κ1) is 9.92. The second-order valence-corrected chi connectivity index (χ2v) is 3.65. The van der Waals surface area contributed by atoms with Crippen molar-refractivity contribution in [1.29, 1.82) is 0 Å². The van der Waals surface area contributed by atoms with Crippen LogP contribution in [0, 0.1) is 0 Å². The molecule has 0 saturated heterocycles. The number of nitrogens with one attached hydrogen (secondary N) is 1. The Kier molecular flexibility index (Phi) is 3.91. The van der Waals surface area contributed by atoms with Crippen LogP contribution in [-0.2, 0) is 0 Å². The quantitative estimate of drug-likeness (QED) is 0.631. The Labute approximate surface area is 64.6 Å². The molecule has 62 valence electrons. The van der Waals surface area contributed by atoms with Gasteiger partial charge >= 0.3 is 0 Å². The molecule has 0 aromatic rings. The van der Waals surface area contributed by atoms with Crippen LogP contribution in [0.2, 0.25) is 0 Å². The zero-order chi connectivity index (χ0) is 8.20. The Bertz CT molecular complexity index is 87.3. The molecule has 0 bridgehead atoms. The molecule has 0 heterocycles. The van der Waals surface area contributed by atoms with Crippen LogP contribution in [0.4, 0.5) is 0 Å². The molecule has 1 N–H and O–H groups in total. The van der Waals surface area contributed by atoms with E-state index in [1.54, 1.807) is 0 Å². The van der Waals surface area contributed by atoms with Crippen molar-refractivity contribution < 1.29 is 0 Å². The van der Waals surface area contributed by atoms with Crippen LogP contribution < -0.4 is 5.32 Å². The first-order valence-corrected chi connectivity index (χ1v) is 3.87. The summed E-state index contributed by atoms with van der Waals surface area (Å²) in [5.41, 5.74) is 0.248. The number of likely N-dealkylation sites (N-methyl/N-ethyl adjacent to an activating group) is 2. The molecule has 0 rings (SSSR count). The lowest BCUT2D eigenvalue weighted by atomic mass is 10.1. The summed E-state index contributed by atoms with van der Waals surface area (Å²) in [6, 6.07) is 0. The predicted molar refractivity (Wildman–Crippen MR) is 46.3 cm³/mol. The minimum Gasteiger partial charge on any atom is -0.311 e. The Morgan fingerprint density at radius 2 is 1.80 bits per heavy atom. The van der Waals surface area contributed by atoms with Gasteiger partial charge < -0.3 is 10.2 Å². The number of hydrogen-bond donors (Lipinski definition) is 1. The number of rotatable bonds is 4. The average Bonchev–Trinajstić information content (AvgIpc) is 1.59. The van der Waals surface area contributed by atoms with E-state index in [-0.39, 0.29) is 5.54 Å². The third-order valence-corrected chi connectivity index (χ3v) is 1.37. The zero-order valence-electron chi connectivity index (χ0n) is 7.86. The van der Waals surface area contributed by atoms with Gasteiger partial charge in [-0.25, -0.2) is 0 Å². The fourth-order valence-electron chi connectivity index (χ4n) is 1.33. The normalized spacial score (nSPS) is 12.6. The lowest BCUT2D eigenvalue weighted by molar-refractivity contribution is 0.272. The Hall–Kier alpha value is -0.0800. The summed E-state index contributed by atoms with van der Waals surface area (Å²) >= 11 is 0. The standard InChI is InChI=1S/C8H20N2/c1-6-9-8(2,3)7-10(4)5/h9H,6-7H2,1-5H3. The van der Waals surface area contributed by atoms with Crippen molar-refractivity contribution in [3.05, 3.63) is 0 Å². The van der Waals surface area contributed by atoms with Crippen LogP contribution in [0.5, 0.6) is 0 Å². The molecular weight excluding hydrogens is 124 g/mol. The molecule has 0 amide bonds. The van der Waals surface area contributed by atoms with Crippen molar-refractivity contribution >= 4 is 0 Å². The van der Waals surface area contributed by atoms with E-state index in [4.69, 9.17) is 0 Å². The summed E-state index contributed by atoms with van der Waals surface area (Å²) in [7, 11) is 4.19. The van der Waals surface area contributed by atoms with Crippen molar-refractivity contribution in [2.45, 2.75) is 26.3 Å². The molecule has 0 spiro atoms. The van der Waals surface area contributed by atoms with E-state index in [9.17, 15) is 0 Å². The Balaban J connectivity index is 3.63. The molecule has 0 atom stereocenters. The average molecular weight is 144 g/mol. The highest BCUT2D eigenvalue weighted by molar-refractivity contribution is 4.78. The molecule has 0 saturated carbocycles. The zero-order valence-corrected chi connectivity index (χ0v) is 7.86. The van der Waals surface area contributed by atoms with Crippen molar-refractivity contribution in [2.75, 3.05) is 27.2 Å². The third-order valence-electron chi connectivity index (χ3n) is 1.37. The summed E-state index contributed by atoms with van der Waals surface area (Å²) in [6.45, 7) is 8.70. The topological polar surface area (TPSA) is 15.3 Å². The number of hydrogen-bond acceptors (Lipinski definition) is 2. The van der Waals surface area contributed by atoms with E-state index in [0.717, 1.165) is 13.1 Å². The molecule has 0 fully saturated rings. The van der Waals surface area contributed by atoms with E-state index in [1.807, 2.05) is 0 Å². The molecule has 2 heteroatoms. The van der Waals surface area contributed by atoms with Crippen LogP contribution in [-0.4, -0.2) is 37.6 Å². The molecule has 2 nitrogen and oxygen atoms in total. The van der Waals surface area contributed by atoms with Gasteiger partial charge in [0.25, 0.3) is 0 Å². The minimum absolute atomic E-state index is 0.248. The summed E-state index contributed by atoms with van der Waals surface area (Å²) < 4.78 is 0. The van der Waals surface area contributed by atoms with Gasteiger partial charge in [0.1, 0.15) is 0 Å². The molecule has 0 aromatic heterocycles. The van der Waals surface area contributed by atoms with Crippen LogP contribution in [0.25, 0.3) is 0 Å². The van der Waals surface area contributed by atoms with Gasteiger partial charge in [-0.2, -0.15) is 0 Å². The summed E-state index contributed by atoms with van der Waals surface area (Å²) in [4.78, 5) is 2.20. The van der Waals surface area contributed by atoms with E-state index < -0.39 is 0 Å². The maximum absolute atomic E-state index is 3.41. The van der Waals surface area contributed by atoms with Gasteiger partial charge in [0.05, 0.1) is 0 Å². The lowest BCUT2D eigenvalue weighted by Gasteiger charge is -2.28. The van der Waals surface area contributed by atoms with Crippen LogP contribution in [0.1, 0.15) is 20.8 Å². The van der Waals surface area contributed by atoms with Crippen LogP contribution in [0.15, 0.2) is 0 Å². The molecular formula is C8H20N2. The van der Waals surface area contributed by atoms with Gasteiger partial charge in [0, 0.05) is 12.1 Å². The fraction of sp³-hybridized carbons (Fsp3) is 1.00. The minimum atomic E-state index is 0.248. The molecule has 0 aliphatic heterocycles. The van der Waals surface area contributed by atoms with Gasteiger partial charge in [0.15, 0.2) is 0 Å². The second-order valence-electron chi connectivity index (χ2n) is 3.65. The highest BCUT2D eigenvalue weighted by Crippen LogP contribution is 2.01. The van der Waals surface area contributed by atoms with Gasteiger partial charge in [-0.3, -0.25) is 0 Å². The molecule has 0 aliphatic rings.